The molecule has 1 aliphatic heterocycles. The van der Waals surface area contributed by atoms with Crippen molar-refractivity contribution in [3.05, 3.63) is 29.8 Å². The number of carbonyl (C=O) groups is 1. The number of carbonyl (C=O) groups excluding carboxylic acids is 1. The third kappa shape index (κ3) is 2.76. The molecule has 0 aliphatic carbocycles. The first-order valence-electron chi connectivity index (χ1n) is 6.78. The first kappa shape index (κ1) is 14.4. The molecule has 1 fully saturated rings. The van der Waals surface area contributed by atoms with Gasteiger partial charge in [0.25, 0.3) is 5.91 Å². The summed E-state index contributed by atoms with van der Waals surface area (Å²) in [6, 6.07) is 6.76. The molecule has 1 heterocycles. The molecule has 1 amide bonds. The van der Waals surface area contributed by atoms with Crippen LogP contribution in [0.2, 0.25) is 0 Å². The van der Waals surface area contributed by atoms with Crippen molar-refractivity contribution in [1.29, 1.82) is 5.41 Å². The Morgan fingerprint density at radius 3 is 2.75 bits per heavy atom. The van der Waals surface area contributed by atoms with E-state index in [2.05, 4.69) is 19.2 Å². The van der Waals surface area contributed by atoms with Crippen molar-refractivity contribution in [3.8, 4) is 5.75 Å². The monoisotopic (exact) mass is 275 g/mol. The molecule has 1 saturated heterocycles. The maximum Gasteiger partial charge on any atom is 0.255 e. The number of guanidine groups is 1. The number of amides is 1. The SMILES string of the molecule is CC(C)CC1(C)NC(=N)N(Cc2cccc(O)c2)C1=O. The van der Waals surface area contributed by atoms with Gasteiger partial charge in [0.15, 0.2) is 5.96 Å². The van der Waals surface area contributed by atoms with E-state index >= 15 is 0 Å². The fourth-order valence-electron chi connectivity index (χ4n) is 2.72. The van der Waals surface area contributed by atoms with Gasteiger partial charge in [-0.05, 0) is 37.0 Å². The molecule has 3 N–H and O–H groups in total. The van der Waals surface area contributed by atoms with Crippen LogP contribution in [0.25, 0.3) is 0 Å². The molecule has 0 bridgehead atoms. The molecule has 1 aliphatic rings. The summed E-state index contributed by atoms with van der Waals surface area (Å²) < 4.78 is 0. The second kappa shape index (κ2) is 5.15. The number of hydrogen-bond acceptors (Lipinski definition) is 3. The molecule has 2 rings (SSSR count). The van der Waals surface area contributed by atoms with Crippen LogP contribution in [-0.2, 0) is 11.3 Å². The van der Waals surface area contributed by atoms with Crippen molar-refractivity contribution >= 4 is 11.9 Å². The molecule has 1 aromatic rings. The average molecular weight is 275 g/mol. The molecule has 5 heteroatoms. The van der Waals surface area contributed by atoms with E-state index in [1.807, 2.05) is 13.0 Å². The van der Waals surface area contributed by atoms with Crippen LogP contribution in [0, 0.1) is 11.3 Å². The summed E-state index contributed by atoms with van der Waals surface area (Å²) in [7, 11) is 0. The lowest BCUT2D eigenvalue weighted by molar-refractivity contribution is -0.131. The van der Waals surface area contributed by atoms with Gasteiger partial charge < -0.3 is 10.4 Å². The Hall–Kier alpha value is -2.04. The highest BCUT2D eigenvalue weighted by Gasteiger charge is 2.45. The molecular weight excluding hydrogens is 254 g/mol. The summed E-state index contributed by atoms with van der Waals surface area (Å²) in [4.78, 5) is 14.0. The largest absolute Gasteiger partial charge is 0.508 e. The number of nitrogens with zero attached hydrogens (tertiary/aromatic N) is 1. The van der Waals surface area contributed by atoms with Crippen molar-refractivity contribution in [2.75, 3.05) is 0 Å². The average Bonchev–Trinajstić information content (AvgIpc) is 2.52. The Kier molecular flexibility index (Phi) is 3.70. The van der Waals surface area contributed by atoms with Gasteiger partial charge in [-0.2, -0.15) is 0 Å². The highest BCUT2D eigenvalue weighted by molar-refractivity contribution is 6.07. The minimum atomic E-state index is -0.706. The van der Waals surface area contributed by atoms with Gasteiger partial charge in [-0.15, -0.1) is 0 Å². The molecule has 1 aromatic carbocycles. The maximum atomic E-state index is 12.5. The summed E-state index contributed by atoms with van der Waals surface area (Å²) in [6.45, 7) is 6.25. The summed E-state index contributed by atoms with van der Waals surface area (Å²) in [5.74, 6) is 0.574. The summed E-state index contributed by atoms with van der Waals surface area (Å²) in [5.41, 5.74) is 0.0981. The molecule has 0 radical (unpaired) electrons. The first-order chi connectivity index (χ1) is 9.32. The Labute approximate surface area is 119 Å². The smallest absolute Gasteiger partial charge is 0.255 e. The van der Waals surface area contributed by atoms with Crippen LogP contribution in [0.1, 0.15) is 32.8 Å². The van der Waals surface area contributed by atoms with Gasteiger partial charge >= 0.3 is 0 Å². The fourth-order valence-corrected chi connectivity index (χ4v) is 2.72. The Morgan fingerprint density at radius 2 is 2.15 bits per heavy atom. The van der Waals surface area contributed by atoms with Gasteiger partial charge in [-0.25, -0.2) is 0 Å². The Balaban J connectivity index is 2.17. The molecule has 0 aromatic heterocycles. The number of phenolic OH excluding ortho intramolecular Hbond substituents is 1. The second-order valence-electron chi connectivity index (χ2n) is 5.96. The predicted molar refractivity (Wildman–Crippen MR) is 77.4 cm³/mol. The van der Waals surface area contributed by atoms with Crippen molar-refractivity contribution in [3.63, 3.8) is 0 Å². The van der Waals surface area contributed by atoms with Gasteiger partial charge in [0.2, 0.25) is 0 Å². The normalized spacial score (nSPS) is 22.5. The number of rotatable bonds is 4. The van der Waals surface area contributed by atoms with E-state index in [1.165, 1.54) is 4.90 Å². The van der Waals surface area contributed by atoms with E-state index in [0.29, 0.717) is 18.9 Å². The third-order valence-corrected chi connectivity index (χ3v) is 3.45. The van der Waals surface area contributed by atoms with E-state index < -0.39 is 5.54 Å². The first-order valence-corrected chi connectivity index (χ1v) is 6.78. The minimum Gasteiger partial charge on any atom is -0.508 e. The van der Waals surface area contributed by atoms with Gasteiger partial charge in [0.1, 0.15) is 11.3 Å². The lowest BCUT2D eigenvalue weighted by atomic mass is 9.91. The molecule has 0 saturated carbocycles. The van der Waals surface area contributed by atoms with E-state index in [9.17, 15) is 9.90 Å². The number of hydrogen-bond donors (Lipinski definition) is 3. The molecule has 1 atom stereocenters. The fraction of sp³-hybridized carbons (Fsp3) is 0.467. The zero-order valence-electron chi connectivity index (χ0n) is 12.1. The maximum absolute atomic E-state index is 12.5. The topological polar surface area (TPSA) is 76.4 Å². The van der Waals surface area contributed by atoms with Crippen molar-refractivity contribution < 1.29 is 9.90 Å². The molecule has 5 nitrogen and oxygen atoms in total. The molecule has 20 heavy (non-hydrogen) atoms. The van der Waals surface area contributed by atoms with Gasteiger partial charge in [0.05, 0.1) is 6.54 Å². The number of aromatic hydroxyl groups is 1. The zero-order chi connectivity index (χ0) is 14.9. The van der Waals surface area contributed by atoms with Crippen LogP contribution in [0.4, 0.5) is 0 Å². The van der Waals surface area contributed by atoms with Crippen LogP contribution < -0.4 is 5.32 Å². The van der Waals surface area contributed by atoms with Crippen molar-refractivity contribution in [2.24, 2.45) is 5.92 Å². The van der Waals surface area contributed by atoms with Crippen LogP contribution >= 0.6 is 0 Å². The van der Waals surface area contributed by atoms with E-state index in [4.69, 9.17) is 5.41 Å². The lowest BCUT2D eigenvalue weighted by Gasteiger charge is -2.24. The molecule has 1 unspecified atom stereocenters. The zero-order valence-corrected chi connectivity index (χ0v) is 12.1. The van der Waals surface area contributed by atoms with Crippen LogP contribution in [0.15, 0.2) is 24.3 Å². The van der Waals surface area contributed by atoms with Crippen molar-refractivity contribution in [1.82, 2.24) is 10.2 Å². The third-order valence-electron chi connectivity index (χ3n) is 3.45. The lowest BCUT2D eigenvalue weighted by Crippen LogP contribution is -2.44. The van der Waals surface area contributed by atoms with E-state index in [-0.39, 0.29) is 17.6 Å². The van der Waals surface area contributed by atoms with Gasteiger partial charge in [-0.3, -0.25) is 15.1 Å². The summed E-state index contributed by atoms with van der Waals surface area (Å²) in [5, 5.41) is 20.4. The predicted octanol–water partition coefficient (Wildman–Crippen LogP) is 2.06. The highest BCUT2D eigenvalue weighted by Crippen LogP contribution is 2.26. The van der Waals surface area contributed by atoms with Gasteiger partial charge in [-0.1, -0.05) is 26.0 Å². The van der Waals surface area contributed by atoms with Crippen LogP contribution in [0.3, 0.4) is 0 Å². The number of benzene rings is 1. The van der Waals surface area contributed by atoms with Crippen molar-refractivity contribution in [2.45, 2.75) is 39.3 Å². The highest BCUT2D eigenvalue weighted by atomic mass is 16.3. The number of nitrogens with one attached hydrogen (secondary N) is 2. The quantitative estimate of drug-likeness (QED) is 0.787. The summed E-state index contributed by atoms with van der Waals surface area (Å²) in [6.07, 6.45) is 0.685. The molecule has 108 valence electrons. The standard InChI is InChI=1S/C15H21N3O2/c1-10(2)8-15(3)13(20)18(14(16)17-15)9-11-5-4-6-12(19)7-11/h4-7,10,19H,8-9H2,1-3H3,(H2,16,17). The van der Waals surface area contributed by atoms with E-state index in [0.717, 1.165) is 5.56 Å². The number of phenols is 1. The molecular formula is C15H21N3O2. The van der Waals surface area contributed by atoms with Gasteiger partial charge in [0, 0.05) is 0 Å². The minimum absolute atomic E-state index is 0.0838. The molecule has 0 spiro atoms. The van der Waals surface area contributed by atoms with Crippen LogP contribution in [-0.4, -0.2) is 27.4 Å². The Morgan fingerprint density at radius 1 is 1.45 bits per heavy atom. The second-order valence-corrected chi connectivity index (χ2v) is 5.96. The Bertz CT molecular complexity index is 542. The van der Waals surface area contributed by atoms with E-state index in [1.54, 1.807) is 18.2 Å². The van der Waals surface area contributed by atoms with Crippen LogP contribution in [0.5, 0.6) is 5.75 Å². The summed E-state index contributed by atoms with van der Waals surface area (Å²) >= 11 is 0.